The van der Waals surface area contributed by atoms with Crippen molar-refractivity contribution >= 4 is 33.2 Å². The van der Waals surface area contributed by atoms with Crippen LogP contribution < -0.4 is 10.6 Å². The molecule has 0 aromatic heterocycles. The molecule has 0 heterocycles. The molecule has 0 saturated heterocycles. The average molecular weight is 349 g/mol. The van der Waals surface area contributed by atoms with Gasteiger partial charge in [-0.1, -0.05) is 25.1 Å². The average Bonchev–Trinajstić information content (AvgIpc) is 2.49. The van der Waals surface area contributed by atoms with E-state index in [-0.39, 0.29) is 11.7 Å². The zero-order valence-corrected chi connectivity index (χ0v) is 13.3. The Kier molecular flexibility index (Phi) is 5.22. The largest absolute Gasteiger partial charge is 0.506 e. The number of benzene rings is 2. The highest BCUT2D eigenvalue weighted by molar-refractivity contribution is 9.10. The van der Waals surface area contributed by atoms with Crippen molar-refractivity contribution in [3.8, 4) is 5.75 Å². The molecule has 0 unspecified atom stereocenters. The molecular weight excluding hydrogens is 332 g/mol. The normalized spacial score (nSPS) is 10.2. The van der Waals surface area contributed by atoms with E-state index in [9.17, 15) is 9.90 Å². The van der Waals surface area contributed by atoms with Crippen LogP contribution in [0.1, 0.15) is 18.9 Å². The molecule has 2 rings (SSSR count). The minimum Gasteiger partial charge on any atom is -0.506 e. The number of halogens is 1. The monoisotopic (exact) mass is 348 g/mol. The lowest BCUT2D eigenvalue weighted by Crippen LogP contribution is -2.09. The summed E-state index contributed by atoms with van der Waals surface area (Å²) in [6, 6.07) is 13.0. The molecule has 1 amide bonds. The summed E-state index contributed by atoms with van der Waals surface area (Å²) in [4.78, 5) is 11.4. The maximum atomic E-state index is 11.4. The lowest BCUT2D eigenvalue weighted by molar-refractivity contribution is -0.115. The SMILES string of the molecule is CCC(=O)Nc1cccc(NCc2cccc(Br)c2O)c1. The second-order valence-electron chi connectivity index (χ2n) is 4.58. The number of phenolic OH excluding ortho intramolecular Hbond substituents is 1. The van der Waals surface area contributed by atoms with Gasteiger partial charge in [0, 0.05) is 29.9 Å². The summed E-state index contributed by atoms with van der Waals surface area (Å²) in [5.74, 6) is 0.220. The van der Waals surface area contributed by atoms with Crippen molar-refractivity contribution < 1.29 is 9.90 Å². The Bertz CT molecular complexity index is 644. The maximum absolute atomic E-state index is 11.4. The minimum atomic E-state index is -0.0169. The van der Waals surface area contributed by atoms with Crippen LogP contribution >= 0.6 is 15.9 Å². The molecule has 110 valence electrons. The highest BCUT2D eigenvalue weighted by atomic mass is 79.9. The Morgan fingerprint density at radius 3 is 2.67 bits per heavy atom. The second kappa shape index (κ2) is 7.13. The van der Waals surface area contributed by atoms with E-state index in [0.29, 0.717) is 17.4 Å². The zero-order chi connectivity index (χ0) is 15.2. The molecule has 21 heavy (non-hydrogen) atoms. The molecule has 0 spiro atoms. The first-order chi connectivity index (χ1) is 10.1. The van der Waals surface area contributed by atoms with E-state index in [1.54, 1.807) is 6.07 Å². The van der Waals surface area contributed by atoms with Crippen LogP contribution in [0.5, 0.6) is 5.75 Å². The predicted octanol–water partition coefficient (Wildman–Crippen LogP) is 4.12. The minimum absolute atomic E-state index is 0.0169. The van der Waals surface area contributed by atoms with Crippen molar-refractivity contribution in [1.29, 1.82) is 0 Å². The third-order valence-corrected chi connectivity index (χ3v) is 3.66. The van der Waals surface area contributed by atoms with Crippen molar-refractivity contribution in [3.05, 3.63) is 52.5 Å². The zero-order valence-electron chi connectivity index (χ0n) is 11.7. The van der Waals surface area contributed by atoms with Gasteiger partial charge in [0.05, 0.1) is 4.47 Å². The fraction of sp³-hybridized carbons (Fsp3) is 0.188. The molecule has 2 aromatic rings. The number of hydrogen-bond donors (Lipinski definition) is 3. The molecule has 0 saturated carbocycles. The molecule has 0 bridgehead atoms. The van der Waals surface area contributed by atoms with E-state index >= 15 is 0 Å². The van der Waals surface area contributed by atoms with Gasteiger partial charge in [0.1, 0.15) is 5.75 Å². The van der Waals surface area contributed by atoms with E-state index in [2.05, 4.69) is 26.6 Å². The van der Waals surface area contributed by atoms with Crippen LogP contribution in [0, 0.1) is 0 Å². The number of hydrogen-bond acceptors (Lipinski definition) is 3. The van der Waals surface area contributed by atoms with E-state index in [4.69, 9.17) is 0 Å². The van der Waals surface area contributed by atoms with Gasteiger partial charge in [0.2, 0.25) is 5.91 Å². The van der Waals surface area contributed by atoms with Crippen LogP contribution in [0.2, 0.25) is 0 Å². The van der Waals surface area contributed by atoms with Crippen molar-refractivity contribution in [3.63, 3.8) is 0 Å². The summed E-state index contributed by atoms with van der Waals surface area (Å²) in [6.45, 7) is 2.31. The number of anilines is 2. The van der Waals surface area contributed by atoms with E-state index in [1.165, 1.54) is 0 Å². The Hall–Kier alpha value is -2.01. The quantitative estimate of drug-likeness (QED) is 0.761. The number of aromatic hydroxyl groups is 1. The Morgan fingerprint density at radius 2 is 1.90 bits per heavy atom. The van der Waals surface area contributed by atoms with Crippen LogP contribution in [0.3, 0.4) is 0 Å². The fourth-order valence-corrected chi connectivity index (χ4v) is 2.26. The summed E-state index contributed by atoms with van der Waals surface area (Å²) in [6.07, 6.45) is 0.448. The predicted molar refractivity (Wildman–Crippen MR) is 88.5 cm³/mol. The Balaban J connectivity index is 2.05. The molecule has 2 aromatic carbocycles. The lowest BCUT2D eigenvalue weighted by Gasteiger charge is -2.11. The van der Waals surface area contributed by atoms with Crippen molar-refractivity contribution in [2.75, 3.05) is 10.6 Å². The molecule has 3 N–H and O–H groups in total. The molecule has 0 fully saturated rings. The summed E-state index contributed by atoms with van der Waals surface area (Å²) >= 11 is 3.29. The van der Waals surface area contributed by atoms with E-state index in [0.717, 1.165) is 16.9 Å². The highest BCUT2D eigenvalue weighted by Gasteiger charge is 2.05. The standard InChI is InChI=1S/C16H17BrN2O2/c1-2-15(20)19-13-7-4-6-12(9-13)18-10-11-5-3-8-14(17)16(11)21/h3-9,18,21H,2,10H2,1H3,(H,19,20). The van der Waals surface area contributed by atoms with Gasteiger partial charge in [0.15, 0.2) is 0 Å². The number of carbonyl (C=O) groups excluding carboxylic acids is 1. The number of amides is 1. The number of carbonyl (C=O) groups is 1. The van der Waals surface area contributed by atoms with Gasteiger partial charge >= 0.3 is 0 Å². The van der Waals surface area contributed by atoms with Gasteiger partial charge in [0.25, 0.3) is 0 Å². The molecule has 0 radical (unpaired) electrons. The van der Waals surface area contributed by atoms with Crippen LogP contribution in [-0.4, -0.2) is 11.0 Å². The van der Waals surface area contributed by atoms with Crippen molar-refractivity contribution in [1.82, 2.24) is 0 Å². The van der Waals surface area contributed by atoms with Crippen LogP contribution in [0.4, 0.5) is 11.4 Å². The van der Waals surface area contributed by atoms with Crippen LogP contribution in [-0.2, 0) is 11.3 Å². The summed E-state index contributed by atoms with van der Waals surface area (Å²) < 4.78 is 0.672. The summed E-state index contributed by atoms with van der Waals surface area (Å²) in [5.41, 5.74) is 2.43. The Morgan fingerprint density at radius 1 is 1.19 bits per heavy atom. The van der Waals surface area contributed by atoms with Crippen molar-refractivity contribution in [2.45, 2.75) is 19.9 Å². The van der Waals surface area contributed by atoms with E-state index in [1.807, 2.05) is 43.3 Å². The maximum Gasteiger partial charge on any atom is 0.224 e. The molecule has 0 aliphatic rings. The third-order valence-electron chi connectivity index (χ3n) is 3.02. The molecule has 5 heteroatoms. The molecule has 0 aliphatic heterocycles. The molecular formula is C16H17BrN2O2. The fourth-order valence-electron chi connectivity index (χ4n) is 1.86. The Labute approximate surface area is 132 Å². The summed E-state index contributed by atoms with van der Waals surface area (Å²) in [5, 5.41) is 16.0. The van der Waals surface area contributed by atoms with Crippen LogP contribution in [0.25, 0.3) is 0 Å². The van der Waals surface area contributed by atoms with Gasteiger partial charge in [-0.15, -0.1) is 0 Å². The van der Waals surface area contributed by atoms with Gasteiger partial charge in [-0.05, 0) is 40.2 Å². The first-order valence-electron chi connectivity index (χ1n) is 6.70. The molecule has 0 atom stereocenters. The van der Waals surface area contributed by atoms with Crippen molar-refractivity contribution in [2.24, 2.45) is 0 Å². The smallest absolute Gasteiger partial charge is 0.224 e. The van der Waals surface area contributed by atoms with Crippen LogP contribution in [0.15, 0.2) is 46.9 Å². The van der Waals surface area contributed by atoms with Gasteiger partial charge < -0.3 is 15.7 Å². The highest BCUT2D eigenvalue weighted by Crippen LogP contribution is 2.28. The third kappa shape index (κ3) is 4.23. The lowest BCUT2D eigenvalue weighted by atomic mass is 10.2. The second-order valence-corrected chi connectivity index (χ2v) is 5.44. The van der Waals surface area contributed by atoms with Gasteiger partial charge in [-0.3, -0.25) is 4.79 Å². The van der Waals surface area contributed by atoms with E-state index < -0.39 is 0 Å². The topological polar surface area (TPSA) is 61.4 Å². The number of phenols is 1. The van der Waals surface area contributed by atoms with Gasteiger partial charge in [-0.25, -0.2) is 0 Å². The molecule has 4 nitrogen and oxygen atoms in total. The first-order valence-corrected chi connectivity index (χ1v) is 7.49. The van der Waals surface area contributed by atoms with Gasteiger partial charge in [-0.2, -0.15) is 0 Å². The number of para-hydroxylation sites is 1. The first kappa shape index (κ1) is 15.4. The number of rotatable bonds is 5. The number of nitrogens with one attached hydrogen (secondary N) is 2. The summed E-state index contributed by atoms with van der Waals surface area (Å²) in [7, 11) is 0. The molecule has 0 aliphatic carbocycles.